The lowest BCUT2D eigenvalue weighted by atomic mass is 10.1. The van der Waals surface area contributed by atoms with Crippen LogP contribution in [0.4, 0.5) is 0 Å². The summed E-state index contributed by atoms with van der Waals surface area (Å²) >= 11 is 1.41. The fraction of sp³-hybridized carbons (Fsp3) is 0.154. The fourth-order valence-electron chi connectivity index (χ4n) is 3.61. The van der Waals surface area contributed by atoms with Crippen LogP contribution in [0.5, 0.6) is 5.75 Å². The van der Waals surface area contributed by atoms with E-state index in [1.54, 1.807) is 6.07 Å². The summed E-state index contributed by atoms with van der Waals surface area (Å²) in [6.45, 7) is 2.89. The Balaban J connectivity index is 1.36. The number of hydrogen-bond donors (Lipinski definition) is 0. The molecule has 8 heteroatoms. The number of aromatic nitrogens is 4. The van der Waals surface area contributed by atoms with E-state index >= 15 is 0 Å². The van der Waals surface area contributed by atoms with Crippen molar-refractivity contribution in [2.45, 2.75) is 18.7 Å². The Morgan fingerprint density at radius 1 is 0.941 bits per heavy atom. The lowest BCUT2D eigenvalue weighted by Crippen LogP contribution is -2.24. The van der Waals surface area contributed by atoms with Gasteiger partial charge in [0.05, 0.1) is 18.5 Å². The van der Waals surface area contributed by atoms with Gasteiger partial charge in [-0.25, -0.2) is 4.68 Å². The first-order chi connectivity index (χ1) is 16.7. The second-order valence-corrected chi connectivity index (χ2v) is 8.78. The predicted octanol–water partition coefficient (Wildman–Crippen LogP) is 4.97. The molecule has 0 aliphatic carbocycles. The van der Waals surface area contributed by atoms with Gasteiger partial charge in [0.25, 0.3) is 16.7 Å². The zero-order chi connectivity index (χ0) is 23.3. The summed E-state index contributed by atoms with van der Waals surface area (Å²) in [7, 11) is 0. The van der Waals surface area contributed by atoms with Crippen LogP contribution < -0.4 is 10.3 Å². The largest absolute Gasteiger partial charge is 0.493 e. The second kappa shape index (κ2) is 9.93. The minimum absolute atomic E-state index is 0.161. The van der Waals surface area contributed by atoms with Gasteiger partial charge in [-0.2, -0.15) is 5.10 Å². The van der Waals surface area contributed by atoms with Crippen LogP contribution >= 0.6 is 11.8 Å². The van der Waals surface area contributed by atoms with E-state index in [9.17, 15) is 4.79 Å². The lowest BCUT2D eigenvalue weighted by Gasteiger charge is -2.09. The molecule has 0 unspecified atom stereocenters. The molecule has 5 rings (SSSR count). The molecule has 0 spiro atoms. The minimum atomic E-state index is -0.161. The van der Waals surface area contributed by atoms with Crippen molar-refractivity contribution in [2.24, 2.45) is 0 Å². The maximum absolute atomic E-state index is 13.0. The molecular formula is C26H22N4O3S. The summed E-state index contributed by atoms with van der Waals surface area (Å²) in [6, 6.07) is 25.0. The third-order valence-electron chi connectivity index (χ3n) is 5.22. The van der Waals surface area contributed by atoms with Crippen molar-refractivity contribution in [2.75, 3.05) is 12.4 Å². The molecule has 3 aromatic carbocycles. The highest BCUT2D eigenvalue weighted by molar-refractivity contribution is 7.99. The van der Waals surface area contributed by atoms with Crippen molar-refractivity contribution >= 4 is 22.5 Å². The van der Waals surface area contributed by atoms with Gasteiger partial charge < -0.3 is 9.15 Å². The van der Waals surface area contributed by atoms with Gasteiger partial charge >= 0.3 is 0 Å². The van der Waals surface area contributed by atoms with Gasteiger partial charge in [-0.3, -0.25) is 4.79 Å². The molecule has 0 amide bonds. The first-order valence-electron chi connectivity index (χ1n) is 10.9. The van der Waals surface area contributed by atoms with E-state index in [0.717, 1.165) is 16.9 Å². The average molecular weight is 471 g/mol. The Bertz CT molecular complexity index is 1480. The van der Waals surface area contributed by atoms with Gasteiger partial charge in [-0.15, -0.1) is 10.2 Å². The fourth-order valence-corrected chi connectivity index (χ4v) is 4.19. The summed E-state index contributed by atoms with van der Waals surface area (Å²) in [6.07, 6.45) is 0. The number of ether oxygens (including phenoxy) is 1. The molecule has 0 saturated heterocycles. The molecule has 34 heavy (non-hydrogen) atoms. The third-order valence-corrected chi connectivity index (χ3v) is 6.00. The number of rotatable bonds is 8. The average Bonchev–Trinajstić information content (AvgIpc) is 3.33. The van der Waals surface area contributed by atoms with Crippen LogP contribution in [-0.2, 0) is 6.54 Å². The van der Waals surface area contributed by atoms with Crippen molar-refractivity contribution in [1.29, 1.82) is 0 Å². The van der Waals surface area contributed by atoms with E-state index in [-0.39, 0.29) is 11.4 Å². The van der Waals surface area contributed by atoms with E-state index in [1.807, 2.05) is 79.7 Å². The second-order valence-electron chi connectivity index (χ2n) is 7.73. The third kappa shape index (κ3) is 4.87. The number of aryl methyl sites for hydroxylation is 1. The van der Waals surface area contributed by atoms with Crippen LogP contribution in [0.15, 0.2) is 93.3 Å². The SMILES string of the molecule is Cc1cccc(OCCSc2nnc(-c3nn(Cc4ccccc4)c(=O)c4ccccc34)o2)c1. The molecular weight excluding hydrogens is 448 g/mol. The van der Waals surface area contributed by atoms with Crippen molar-refractivity contribution in [3.05, 3.63) is 100 Å². The van der Waals surface area contributed by atoms with Crippen LogP contribution in [0, 0.1) is 6.92 Å². The number of benzene rings is 3. The monoisotopic (exact) mass is 470 g/mol. The van der Waals surface area contributed by atoms with Crippen LogP contribution in [0.3, 0.4) is 0 Å². The lowest BCUT2D eigenvalue weighted by molar-refractivity contribution is 0.343. The first-order valence-corrected chi connectivity index (χ1v) is 11.9. The Kier molecular flexibility index (Phi) is 6.40. The van der Waals surface area contributed by atoms with Crippen molar-refractivity contribution in [3.8, 4) is 17.3 Å². The highest BCUT2D eigenvalue weighted by Crippen LogP contribution is 2.26. The first kappa shape index (κ1) is 21.9. The molecule has 2 heterocycles. The summed E-state index contributed by atoms with van der Waals surface area (Å²) in [5, 5.41) is 14.6. The van der Waals surface area contributed by atoms with E-state index in [2.05, 4.69) is 15.3 Å². The molecule has 0 atom stereocenters. The Morgan fingerprint density at radius 2 is 1.74 bits per heavy atom. The summed E-state index contributed by atoms with van der Waals surface area (Å²) < 4.78 is 13.1. The van der Waals surface area contributed by atoms with Gasteiger partial charge in [0, 0.05) is 11.1 Å². The van der Waals surface area contributed by atoms with Gasteiger partial charge in [-0.05, 0) is 36.2 Å². The summed E-state index contributed by atoms with van der Waals surface area (Å²) in [5.41, 5.74) is 2.46. The van der Waals surface area contributed by atoms with Crippen LogP contribution in [0.2, 0.25) is 0 Å². The van der Waals surface area contributed by atoms with Crippen molar-refractivity contribution in [1.82, 2.24) is 20.0 Å². The molecule has 0 fully saturated rings. The van der Waals surface area contributed by atoms with Gasteiger partial charge in [0.15, 0.2) is 5.69 Å². The molecule has 5 aromatic rings. The number of hydrogen-bond acceptors (Lipinski definition) is 7. The van der Waals surface area contributed by atoms with Crippen molar-refractivity contribution in [3.63, 3.8) is 0 Å². The normalized spacial score (nSPS) is 11.1. The Morgan fingerprint density at radius 3 is 2.56 bits per heavy atom. The zero-order valence-electron chi connectivity index (χ0n) is 18.5. The predicted molar refractivity (Wildman–Crippen MR) is 132 cm³/mol. The highest BCUT2D eigenvalue weighted by atomic mass is 32.2. The maximum atomic E-state index is 13.0. The summed E-state index contributed by atoms with van der Waals surface area (Å²) in [4.78, 5) is 13.0. The molecule has 0 aliphatic rings. The minimum Gasteiger partial charge on any atom is -0.493 e. The number of fused-ring (bicyclic) bond motifs is 1. The van der Waals surface area contributed by atoms with Gasteiger partial charge in [0.1, 0.15) is 5.75 Å². The maximum Gasteiger partial charge on any atom is 0.277 e. The summed E-state index contributed by atoms with van der Waals surface area (Å²) in [5.74, 6) is 1.76. The number of nitrogens with zero attached hydrogens (tertiary/aromatic N) is 4. The van der Waals surface area contributed by atoms with Crippen LogP contribution in [0.1, 0.15) is 11.1 Å². The van der Waals surface area contributed by atoms with Crippen LogP contribution in [0.25, 0.3) is 22.4 Å². The molecule has 0 bridgehead atoms. The van der Waals surface area contributed by atoms with Crippen LogP contribution in [-0.4, -0.2) is 32.3 Å². The van der Waals surface area contributed by atoms with E-state index in [1.165, 1.54) is 16.4 Å². The van der Waals surface area contributed by atoms with Crippen molar-refractivity contribution < 1.29 is 9.15 Å². The van der Waals surface area contributed by atoms with E-state index in [0.29, 0.717) is 40.6 Å². The van der Waals surface area contributed by atoms with E-state index < -0.39 is 0 Å². The van der Waals surface area contributed by atoms with Gasteiger partial charge in [0.2, 0.25) is 0 Å². The highest BCUT2D eigenvalue weighted by Gasteiger charge is 2.18. The topological polar surface area (TPSA) is 83.0 Å². The molecule has 0 aliphatic heterocycles. The molecule has 7 nitrogen and oxygen atoms in total. The molecule has 0 N–H and O–H groups in total. The zero-order valence-corrected chi connectivity index (χ0v) is 19.4. The molecule has 170 valence electrons. The quantitative estimate of drug-likeness (QED) is 0.234. The molecule has 2 aromatic heterocycles. The standard InChI is InChI=1S/C26H22N4O3S/c1-18-8-7-11-20(16-18)32-14-15-34-26-28-27-24(33-26)23-21-12-5-6-13-22(21)25(31)30(29-23)17-19-9-3-2-4-10-19/h2-13,16H,14-15,17H2,1H3. The Labute approximate surface area is 200 Å². The smallest absolute Gasteiger partial charge is 0.277 e. The van der Waals surface area contributed by atoms with E-state index in [4.69, 9.17) is 9.15 Å². The number of thioether (sulfide) groups is 1. The Hall–Kier alpha value is -3.91. The molecule has 0 radical (unpaired) electrons. The van der Waals surface area contributed by atoms with Gasteiger partial charge in [-0.1, -0.05) is 72.4 Å². The molecule has 0 saturated carbocycles.